The lowest BCUT2D eigenvalue weighted by Crippen LogP contribution is -2.11. The SMILES string of the molecule is Cc1nnc(-c2cccc(NC(=O)c3sccc3C3CC3)c2)o1. The molecule has 23 heavy (non-hydrogen) atoms. The van der Waals surface area contributed by atoms with Crippen molar-refractivity contribution in [1.29, 1.82) is 0 Å². The van der Waals surface area contributed by atoms with Crippen LogP contribution in [-0.4, -0.2) is 16.1 Å². The molecular formula is C17H15N3O2S. The lowest BCUT2D eigenvalue weighted by atomic mass is 10.1. The molecule has 1 amide bonds. The Morgan fingerprint density at radius 3 is 2.91 bits per heavy atom. The number of carbonyl (C=O) groups is 1. The third-order valence-electron chi connectivity index (χ3n) is 3.81. The molecule has 1 N–H and O–H groups in total. The minimum atomic E-state index is -0.0549. The zero-order valence-corrected chi connectivity index (χ0v) is 13.4. The minimum Gasteiger partial charge on any atom is -0.421 e. The Bertz CT molecular complexity index is 864. The van der Waals surface area contributed by atoms with E-state index in [0.717, 1.165) is 16.1 Å². The van der Waals surface area contributed by atoms with E-state index in [4.69, 9.17) is 4.42 Å². The topological polar surface area (TPSA) is 68.0 Å². The fourth-order valence-electron chi connectivity index (χ4n) is 2.55. The van der Waals surface area contributed by atoms with E-state index in [9.17, 15) is 4.79 Å². The van der Waals surface area contributed by atoms with Gasteiger partial charge in [0.1, 0.15) is 0 Å². The molecule has 0 aliphatic heterocycles. The first-order valence-corrected chi connectivity index (χ1v) is 8.38. The zero-order chi connectivity index (χ0) is 15.8. The molecule has 2 heterocycles. The summed E-state index contributed by atoms with van der Waals surface area (Å²) >= 11 is 1.50. The summed E-state index contributed by atoms with van der Waals surface area (Å²) in [5.74, 6) is 1.48. The van der Waals surface area contributed by atoms with E-state index in [-0.39, 0.29) is 5.91 Å². The van der Waals surface area contributed by atoms with E-state index >= 15 is 0 Å². The number of thiophene rings is 1. The first-order chi connectivity index (χ1) is 11.2. The summed E-state index contributed by atoms with van der Waals surface area (Å²) in [5.41, 5.74) is 2.69. The summed E-state index contributed by atoms with van der Waals surface area (Å²) < 4.78 is 5.43. The van der Waals surface area contributed by atoms with E-state index in [1.807, 2.05) is 29.6 Å². The van der Waals surface area contributed by atoms with E-state index in [2.05, 4.69) is 21.6 Å². The van der Waals surface area contributed by atoms with Crippen molar-refractivity contribution >= 4 is 22.9 Å². The van der Waals surface area contributed by atoms with Crippen LogP contribution in [0.4, 0.5) is 5.69 Å². The van der Waals surface area contributed by atoms with Crippen LogP contribution in [0.5, 0.6) is 0 Å². The Morgan fingerprint density at radius 1 is 1.30 bits per heavy atom. The molecule has 0 spiro atoms. The molecule has 1 fully saturated rings. The van der Waals surface area contributed by atoms with Crippen LogP contribution in [0.2, 0.25) is 0 Å². The number of nitrogens with zero attached hydrogens (tertiary/aromatic N) is 2. The van der Waals surface area contributed by atoms with Gasteiger partial charge in [0.15, 0.2) is 0 Å². The Balaban J connectivity index is 1.56. The number of hydrogen-bond donors (Lipinski definition) is 1. The first-order valence-electron chi connectivity index (χ1n) is 7.50. The summed E-state index contributed by atoms with van der Waals surface area (Å²) in [4.78, 5) is 13.3. The normalized spacial score (nSPS) is 14.0. The van der Waals surface area contributed by atoms with Crippen LogP contribution >= 0.6 is 11.3 Å². The largest absolute Gasteiger partial charge is 0.421 e. The predicted molar refractivity (Wildman–Crippen MR) is 88.7 cm³/mol. The van der Waals surface area contributed by atoms with Crippen LogP contribution < -0.4 is 5.32 Å². The Labute approximate surface area is 137 Å². The number of hydrogen-bond acceptors (Lipinski definition) is 5. The third kappa shape index (κ3) is 2.90. The summed E-state index contributed by atoms with van der Waals surface area (Å²) in [7, 11) is 0. The minimum absolute atomic E-state index is 0.0549. The number of benzene rings is 1. The van der Waals surface area contributed by atoms with E-state index in [1.165, 1.54) is 29.7 Å². The molecule has 3 aromatic rings. The number of carbonyl (C=O) groups excluding carboxylic acids is 1. The van der Waals surface area contributed by atoms with Crippen molar-refractivity contribution in [3.63, 3.8) is 0 Å². The van der Waals surface area contributed by atoms with Gasteiger partial charge in [-0.2, -0.15) is 0 Å². The van der Waals surface area contributed by atoms with Gasteiger partial charge in [-0.1, -0.05) is 6.07 Å². The molecule has 1 saturated carbocycles. The van der Waals surface area contributed by atoms with E-state index < -0.39 is 0 Å². The van der Waals surface area contributed by atoms with Gasteiger partial charge < -0.3 is 9.73 Å². The highest BCUT2D eigenvalue weighted by Crippen LogP contribution is 2.43. The number of nitrogens with one attached hydrogen (secondary N) is 1. The highest BCUT2D eigenvalue weighted by molar-refractivity contribution is 7.12. The van der Waals surface area contributed by atoms with Crippen molar-refractivity contribution in [2.45, 2.75) is 25.7 Å². The number of aromatic nitrogens is 2. The summed E-state index contributed by atoms with van der Waals surface area (Å²) in [6.07, 6.45) is 2.37. The maximum absolute atomic E-state index is 12.5. The molecule has 0 saturated heterocycles. The number of aryl methyl sites for hydroxylation is 1. The van der Waals surface area contributed by atoms with Crippen LogP contribution in [0.3, 0.4) is 0 Å². The fraction of sp³-hybridized carbons (Fsp3) is 0.235. The van der Waals surface area contributed by atoms with Crippen molar-refractivity contribution < 1.29 is 9.21 Å². The molecule has 1 aliphatic rings. The maximum Gasteiger partial charge on any atom is 0.266 e. The Hall–Kier alpha value is -2.47. The maximum atomic E-state index is 12.5. The van der Waals surface area contributed by atoms with Crippen molar-refractivity contribution in [2.24, 2.45) is 0 Å². The Morgan fingerprint density at radius 2 is 2.17 bits per heavy atom. The second kappa shape index (κ2) is 5.62. The van der Waals surface area contributed by atoms with Gasteiger partial charge in [0.25, 0.3) is 5.91 Å². The number of amides is 1. The summed E-state index contributed by atoms with van der Waals surface area (Å²) in [5, 5.41) is 12.8. The lowest BCUT2D eigenvalue weighted by molar-refractivity contribution is 0.102. The van der Waals surface area contributed by atoms with Crippen LogP contribution in [0.25, 0.3) is 11.5 Å². The molecule has 4 rings (SSSR count). The number of rotatable bonds is 4. The molecule has 116 valence electrons. The fourth-order valence-corrected chi connectivity index (χ4v) is 3.43. The predicted octanol–water partition coefficient (Wildman–Crippen LogP) is 4.24. The molecule has 1 aliphatic carbocycles. The quantitative estimate of drug-likeness (QED) is 0.779. The van der Waals surface area contributed by atoms with Crippen molar-refractivity contribution in [3.8, 4) is 11.5 Å². The highest BCUT2D eigenvalue weighted by atomic mass is 32.1. The van der Waals surface area contributed by atoms with Crippen LogP contribution in [0, 0.1) is 6.92 Å². The standard InChI is InChI=1S/C17H15N3O2S/c1-10-19-20-17(22-10)12-3-2-4-13(9-12)18-16(21)15-14(7-8-23-15)11-5-6-11/h2-4,7-9,11H,5-6H2,1H3,(H,18,21). The van der Waals surface area contributed by atoms with Gasteiger partial charge in [0.05, 0.1) is 4.88 Å². The van der Waals surface area contributed by atoms with Crippen molar-refractivity contribution in [1.82, 2.24) is 10.2 Å². The van der Waals surface area contributed by atoms with Gasteiger partial charge >= 0.3 is 0 Å². The van der Waals surface area contributed by atoms with Crippen molar-refractivity contribution in [3.05, 3.63) is 52.0 Å². The van der Waals surface area contributed by atoms with Gasteiger partial charge in [0, 0.05) is 18.2 Å². The molecular weight excluding hydrogens is 310 g/mol. The van der Waals surface area contributed by atoms with Crippen LogP contribution in [0.1, 0.15) is 39.9 Å². The molecule has 6 heteroatoms. The van der Waals surface area contributed by atoms with Gasteiger partial charge in [-0.15, -0.1) is 21.5 Å². The van der Waals surface area contributed by atoms with Crippen molar-refractivity contribution in [2.75, 3.05) is 5.32 Å². The average Bonchev–Trinajstić information content (AvgIpc) is 3.10. The van der Waals surface area contributed by atoms with Crippen LogP contribution in [0.15, 0.2) is 40.1 Å². The smallest absolute Gasteiger partial charge is 0.266 e. The molecule has 2 aromatic heterocycles. The lowest BCUT2D eigenvalue weighted by Gasteiger charge is -2.06. The second-order valence-electron chi connectivity index (χ2n) is 5.64. The average molecular weight is 325 g/mol. The van der Waals surface area contributed by atoms with Gasteiger partial charge in [0.2, 0.25) is 11.8 Å². The van der Waals surface area contributed by atoms with E-state index in [1.54, 1.807) is 6.92 Å². The molecule has 1 aromatic carbocycles. The second-order valence-corrected chi connectivity index (χ2v) is 6.56. The van der Waals surface area contributed by atoms with Gasteiger partial charge in [-0.3, -0.25) is 4.79 Å². The molecule has 0 unspecified atom stereocenters. The van der Waals surface area contributed by atoms with Gasteiger partial charge in [-0.05, 0) is 54.0 Å². The zero-order valence-electron chi connectivity index (χ0n) is 12.6. The Kier molecular flexibility index (Phi) is 3.46. The highest BCUT2D eigenvalue weighted by Gasteiger charge is 2.28. The molecule has 0 radical (unpaired) electrons. The summed E-state index contributed by atoms with van der Waals surface area (Å²) in [6.45, 7) is 1.75. The van der Waals surface area contributed by atoms with E-state index in [0.29, 0.717) is 17.7 Å². The molecule has 0 atom stereocenters. The summed E-state index contributed by atoms with van der Waals surface area (Å²) in [6, 6.07) is 9.50. The van der Waals surface area contributed by atoms with Gasteiger partial charge in [-0.25, -0.2) is 0 Å². The van der Waals surface area contributed by atoms with Crippen LogP contribution in [-0.2, 0) is 0 Å². The third-order valence-corrected chi connectivity index (χ3v) is 4.74. The monoisotopic (exact) mass is 325 g/mol. The molecule has 5 nitrogen and oxygen atoms in total. The molecule has 0 bridgehead atoms. The first kappa shape index (κ1) is 14.1. The number of anilines is 1.